The molecule has 1 aromatic rings. The third kappa shape index (κ3) is 2.61. The SMILES string of the molecule is Cn1cnnc1C1CCCN(S(=O)(=O)CCl)C1. The van der Waals surface area contributed by atoms with E-state index in [-0.39, 0.29) is 11.1 Å². The second-order valence-corrected chi connectivity index (χ2v) is 6.77. The van der Waals surface area contributed by atoms with Crippen LogP contribution in [-0.4, -0.2) is 45.8 Å². The summed E-state index contributed by atoms with van der Waals surface area (Å²) in [4.78, 5) is 0. The summed E-state index contributed by atoms with van der Waals surface area (Å²) in [6.07, 6.45) is 3.39. The van der Waals surface area contributed by atoms with E-state index in [0.29, 0.717) is 13.1 Å². The van der Waals surface area contributed by atoms with Crippen molar-refractivity contribution in [3.8, 4) is 0 Å². The Balaban J connectivity index is 2.16. The highest BCUT2D eigenvalue weighted by molar-refractivity contribution is 7.90. The zero-order valence-corrected chi connectivity index (χ0v) is 11.2. The van der Waals surface area contributed by atoms with Crippen LogP contribution in [0.3, 0.4) is 0 Å². The van der Waals surface area contributed by atoms with Gasteiger partial charge in [-0.25, -0.2) is 12.7 Å². The van der Waals surface area contributed by atoms with Crippen molar-refractivity contribution in [2.45, 2.75) is 18.8 Å². The molecule has 0 spiro atoms. The van der Waals surface area contributed by atoms with E-state index >= 15 is 0 Å². The van der Waals surface area contributed by atoms with Crippen molar-refractivity contribution in [2.24, 2.45) is 7.05 Å². The minimum Gasteiger partial charge on any atom is -0.320 e. The maximum atomic E-state index is 11.7. The van der Waals surface area contributed by atoms with Crippen LogP contribution in [0, 0.1) is 0 Å². The molecule has 1 aliphatic rings. The second-order valence-electron chi connectivity index (χ2n) is 4.22. The summed E-state index contributed by atoms with van der Waals surface area (Å²) in [7, 11) is -1.45. The van der Waals surface area contributed by atoms with Crippen LogP contribution in [0.5, 0.6) is 0 Å². The average Bonchev–Trinajstić information content (AvgIpc) is 2.76. The van der Waals surface area contributed by atoms with Gasteiger partial charge in [0.15, 0.2) is 0 Å². The number of alkyl halides is 1. The molecule has 1 atom stereocenters. The van der Waals surface area contributed by atoms with Crippen LogP contribution in [0.25, 0.3) is 0 Å². The van der Waals surface area contributed by atoms with Crippen molar-refractivity contribution in [1.82, 2.24) is 19.1 Å². The molecule has 96 valence electrons. The molecular weight excluding hydrogens is 264 g/mol. The summed E-state index contributed by atoms with van der Waals surface area (Å²) in [5.74, 6) is 0.939. The van der Waals surface area contributed by atoms with Crippen molar-refractivity contribution in [3.63, 3.8) is 0 Å². The lowest BCUT2D eigenvalue weighted by Crippen LogP contribution is -2.40. The smallest absolute Gasteiger partial charge is 0.228 e. The molecule has 2 rings (SSSR count). The molecule has 1 aromatic heterocycles. The minimum absolute atomic E-state index is 0.106. The van der Waals surface area contributed by atoms with Crippen LogP contribution in [0.15, 0.2) is 6.33 Å². The zero-order chi connectivity index (χ0) is 12.5. The van der Waals surface area contributed by atoms with Crippen LogP contribution < -0.4 is 0 Å². The molecule has 0 amide bonds. The van der Waals surface area contributed by atoms with Gasteiger partial charge >= 0.3 is 0 Å². The molecule has 1 aliphatic heterocycles. The Morgan fingerprint density at radius 2 is 2.35 bits per heavy atom. The van der Waals surface area contributed by atoms with Crippen LogP contribution in [-0.2, 0) is 17.1 Å². The van der Waals surface area contributed by atoms with E-state index in [9.17, 15) is 8.42 Å². The van der Waals surface area contributed by atoms with Gasteiger partial charge in [-0.3, -0.25) is 0 Å². The van der Waals surface area contributed by atoms with Crippen LogP contribution in [0.2, 0.25) is 0 Å². The summed E-state index contributed by atoms with van der Waals surface area (Å²) in [6.45, 7) is 0.991. The fourth-order valence-electron chi connectivity index (χ4n) is 2.14. The highest BCUT2D eigenvalue weighted by Gasteiger charge is 2.30. The Morgan fingerprint density at radius 3 is 2.94 bits per heavy atom. The minimum atomic E-state index is -3.32. The zero-order valence-electron chi connectivity index (χ0n) is 9.58. The van der Waals surface area contributed by atoms with Gasteiger partial charge in [0.05, 0.1) is 0 Å². The fraction of sp³-hybridized carbons (Fsp3) is 0.778. The molecule has 0 N–H and O–H groups in total. The number of sulfonamides is 1. The summed E-state index contributed by atoms with van der Waals surface area (Å²) in [5.41, 5.74) is 0. The Hall–Kier alpha value is -0.660. The van der Waals surface area contributed by atoms with E-state index in [4.69, 9.17) is 11.6 Å². The van der Waals surface area contributed by atoms with Crippen molar-refractivity contribution in [2.75, 3.05) is 18.3 Å². The normalized spacial score (nSPS) is 22.8. The molecule has 0 bridgehead atoms. The van der Waals surface area contributed by atoms with Crippen molar-refractivity contribution < 1.29 is 8.42 Å². The van der Waals surface area contributed by atoms with Gasteiger partial charge in [-0.1, -0.05) is 0 Å². The number of aromatic nitrogens is 3. The van der Waals surface area contributed by atoms with Gasteiger partial charge in [0, 0.05) is 26.1 Å². The molecule has 6 nitrogen and oxygen atoms in total. The lowest BCUT2D eigenvalue weighted by Gasteiger charge is -2.30. The van der Waals surface area contributed by atoms with Gasteiger partial charge < -0.3 is 4.57 Å². The average molecular weight is 279 g/mol. The molecule has 0 aromatic carbocycles. The van der Waals surface area contributed by atoms with Crippen molar-refractivity contribution in [3.05, 3.63) is 12.2 Å². The van der Waals surface area contributed by atoms with Gasteiger partial charge in [0.2, 0.25) is 10.0 Å². The molecule has 2 heterocycles. The molecule has 0 saturated carbocycles. The Kier molecular flexibility index (Phi) is 3.70. The summed E-state index contributed by atoms with van der Waals surface area (Å²) in [6, 6.07) is 0. The standard InChI is InChI=1S/C9H15ClN4O2S/c1-13-7-11-12-9(13)8-3-2-4-14(5-8)17(15,16)6-10/h7-8H,2-6H2,1H3. The molecule has 1 fully saturated rings. The second kappa shape index (κ2) is 4.91. The van der Waals surface area contributed by atoms with E-state index in [0.717, 1.165) is 18.7 Å². The molecule has 0 radical (unpaired) electrons. The quantitative estimate of drug-likeness (QED) is 0.756. The number of aryl methyl sites for hydroxylation is 1. The lowest BCUT2D eigenvalue weighted by molar-refractivity contribution is 0.307. The van der Waals surface area contributed by atoms with Gasteiger partial charge in [0.25, 0.3) is 0 Å². The first kappa shape index (κ1) is 12.8. The van der Waals surface area contributed by atoms with E-state index in [1.54, 1.807) is 6.33 Å². The van der Waals surface area contributed by atoms with Gasteiger partial charge in [-0.15, -0.1) is 21.8 Å². The van der Waals surface area contributed by atoms with Crippen LogP contribution >= 0.6 is 11.6 Å². The lowest BCUT2D eigenvalue weighted by atomic mass is 9.99. The number of piperidine rings is 1. The van der Waals surface area contributed by atoms with Crippen molar-refractivity contribution in [1.29, 1.82) is 0 Å². The first-order valence-electron chi connectivity index (χ1n) is 5.42. The third-order valence-corrected chi connectivity index (χ3v) is 5.25. The van der Waals surface area contributed by atoms with Gasteiger partial charge in [0.1, 0.15) is 17.4 Å². The number of rotatable bonds is 3. The summed E-state index contributed by atoms with van der Waals surface area (Å²) >= 11 is 5.47. The number of hydrogen-bond acceptors (Lipinski definition) is 4. The summed E-state index contributed by atoms with van der Waals surface area (Å²) < 4.78 is 26.7. The largest absolute Gasteiger partial charge is 0.320 e. The van der Waals surface area contributed by atoms with Gasteiger partial charge in [-0.05, 0) is 12.8 Å². The predicted molar refractivity (Wildman–Crippen MR) is 64.2 cm³/mol. The molecule has 17 heavy (non-hydrogen) atoms. The van der Waals surface area contributed by atoms with E-state index in [2.05, 4.69) is 10.2 Å². The first-order chi connectivity index (χ1) is 8.04. The van der Waals surface area contributed by atoms with Crippen molar-refractivity contribution >= 4 is 21.6 Å². The van der Waals surface area contributed by atoms with Crippen LogP contribution in [0.4, 0.5) is 0 Å². The highest BCUT2D eigenvalue weighted by Crippen LogP contribution is 2.26. The number of hydrogen-bond donors (Lipinski definition) is 0. The van der Waals surface area contributed by atoms with E-state index in [1.165, 1.54) is 4.31 Å². The molecule has 8 heteroatoms. The number of halogens is 1. The molecule has 1 unspecified atom stereocenters. The highest BCUT2D eigenvalue weighted by atomic mass is 35.5. The Bertz CT molecular complexity index is 487. The van der Waals surface area contributed by atoms with Crippen LogP contribution in [0.1, 0.15) is 24.6 Å². The Labute approximate surface area is 106 Å². The van der Waals surface area contributed by atoms with E-state index < -0.39 is 10.0 Å². The molecular formula is C9H15ClN4O2S. The summed E-state index contributed by atoms with van der Waals surface area (Å²) in [5, 5.41) is 7.50. The Morgan fingerprint density at radius 1 is 1.59 bits per heavy atom. The maximum Gasteiger partial charge on any atom is 0.228 e. The fourth-order valence-corrected chi connectivity index (χ4v) is 3.50. The first-order valence-corrected chi connectivity index (χ1v) is 7.56. The van der Waals surface area contributed by atoms with E-state index in [1.807, 2.05) is 11.6 Å². The number of nitrogens with zero attached hydrogens (tertiary/aromatic N) is 4. The molecule has 0 aliphatic carbocycles. The van der Waals surface area contributed by atoms with Gasteiger partial charge in [-0.2, -0.15) is 0 Å². The molecule has 1 saturated heterocycles. The monoisotopic (exact) mass is 278 g/mol. The third-order valence-electron chi connectivity index (χ3n) is 3.03. The topological polar surface area (TPSA) is 68.1 Å². The maximum absolute atomic E-state index is 11.7. The predicted octanol–water partition coefficient (Wildman–Crippen LogP) is 0.521.